The van der Waals surface area contributed by atoms with Crippen LogP contribution in [0.4, 0.5) is 0 Å². The summed E-state index contributed by atoms with van der Waals surface area (Å²) in [5.41, 5.74) is 0.336. The van der Waals surface area contributed by atoms with E-state index in [0.717, 1.165) is 5.56 Å². The van der Waals surface area contributed by atoms with Crippen LogP contribution >= 0.6 is 0 Å². The summed E-state index contributed by atoms with van der Waals surface area (Å²) in [6.45, 7) is 5.75. The van der Waals surface area contributed by atoms with Gasteiger partial charge in [-0.3, -0.25) is 9.59 Å². The van der Waals surface area contributed by atoms with Crippen LogP contribution in [0.2, 0.25) is 0 Å². The van der Waals surface area contributed by atoms with E-state index in [9.17, 15) is 9.59 Å². The number of carboxylic acids is 1. The first kappa shape index (κ1) is 16.2. The zero-order valence-corrected chi connectivity index (χ0v) is 12.1. The summed E-state index contributed by atoms with van der Waals surface area (Å²) in [6, 6.07) is 9.39. The minimum absolute atomic E-state index is 0.107. The molecule has 1 aromatic rings. The van der Waals surface area contributed by atoms with Gasteiger partial charge >= 0.3 is 5.97 Å². The topological polar surface area (TPSA) is 78.4 Å². The minimum atomic E-state index is -0.930. The van der Waals surface area contributed by atoms with Crippen LogP contribution in [0.5, 0.6) is 0 Å². The lowest BCUT2D eigenvalue weighted by Crippen LogP contribution is -2.51. The highest BCUT2D eigenvalue weighted by Crippen LogP contribution is 2.08. The Labute approximate surface area is 119 Å². The Morgan fingerprint density at radius 3 is 2.40 bits per heavy atom. The molecule has 110 valence electrons. The second-order valence-electron chi connectivity index (χ2n) is 5.53. The van der Waals surface area contributed by atoms with Crippen LogP contribution < -0.4 is 10.6 Å². The molecule has 0 aliphatic heterocycles. The summed E-state index contributed by atoms with van der Waals surface area (Å²) in [5, 5.41) is 14.6. The van der Waals surface area contributed by atoms with E-state index in [4.69, 9.17) is 5.11 Å². The summed E-state index contributed by atoms with van der Waals surface area (Å²) < 4.78 is 0. The van der Waals surface area contributed by atoms with Gasteiger partial charge in [-0.15, -0.1) is 0 Å². The summed E-state index contributed by atoms with van der Waals surface area (Å²) in [4.78, 5) is 22.7. The van der Waals surface area contributed by atoms with Crippen molar-refractivity contribution in [2.24, 2.45) is 0 Å². The van der Waals surface area contributed by atoms with Gasteiger partial charge in [0.1, 0.15) is 0 Å². The zero-order chi connectivity index (χ0) is 15.2. The van der Waals surface area contributed by atoms with Crippen molar-refractivity contribution >= 4 is 11.9 Å². The number of carbonyl (C=O) groups is 2. The van der Waals surface area contributed by atoms with Gasteiger partial charge in [0, 0.05) is 12.1 Å². The number of hydrogen-bond acceptors (Lipinski definition) is 3. The van der Waals surface area contributed by atoms with E-state index in [1.54, 1.807) is 20.8 Å². The number of carbonyl (C=O) groups excluding carboxylic acids is 1. The van der Waals surface area contributed by atoms with Crippen molar-refractivity contribution in [2.75, 3.05) is 0 Å². The third-order valence-corrected chi connectivity index (χ3v) is 2.90. The standard InChI is InChI=1S/C15H22N2O3/c1-11(16-10-12-7-5-4-6-8-12)14(20)17-15(2,3)9-13(18)19/h4-8,11,16H,9-10H2,1-3H3,(H,17,20)(H,18,19)/t11-/m0/s1. The van der Waals surface area contributed by atoms with Crippen molar-refractivity contribution in [3.05, 3.63) is 35.9 Å². The van der Waals surface area contributed by atoms with Gasteiger partial charge in [0.05, 0.1) is 12.5 Å². The maximum atomic E-state index is 12.0. The molecule has 0 bridgehead atoms. The molecule has 1 aromatic carbocycles. The van der Waals surface area contributed by atoms with Crippen LogP contribution in [0.1, 0.15) is 32.8 Å². The molecule has 0 radical (unpaired) electrons. The summed E-state index contributed by atoms with van der Waals surface area (Å²) in [6.07, 6.45) is -0.107. The molecule has 3 N–H and O–H groups in total. The highest BCUT2D eigenvalue weighted by molar-refractivity contribution is 5.82. The lowest BCUT2D eigenvalue weighted by molar-refractivity contribution is -0.138. The van der Waals surface area contributed by atoms with Crippen molar-refractivity contribution < 1.29 is 14.7 Å². The first-order valence-corrected chi connectivity index (χ1v) is 6.61. The van der Waals surface area contributed by atoms with Crippen LogP contribution in [0.15, 0.2) is 30.3 Å². The number of carboxylic acid groups (broad SMARTS) is 1. The molecular formula is C15H22N2O3. The molecule has 5 heteroatoms. The maximum Gasteiger partial charge on any atom is 0.305 e. The lowest BCUT2D eigenvalue weighted by atomic mass is 10.0. The van der Waals surface area contributed by atoms with Crippen LogP contribution in [0, 0.1) is 0 Å². The SMILES string of the molecule is C[C@H](NCc1ccccc1)C(=O)NC(C)(C)CC(=O)O. The fraction of sp³-hybridized carbons (Fsp3) is 0.467. The fourth-order valence-electron chi connectivity index (χ4n) is 1.82. The monoisotopic (exact) mass is 278 g/mol. The van der Waals surface area contributed by atoms with Gasteiger partial charge in [0.25, 0.3) is 0 Å². The number of nitrogens with one attached hydrogen (secondary N) is 2. The molecule has 0 aliphatic rings. The van der Waals surface area contributed by atoms with E-state index in [1.807, 2.05) is 30.3 Å². The summed E-state index contributed by atoms with van der Waals surface area (Å²) in [5.74, 6) is -1.13. The lowest BCUT2D eigenvalue weighted by Gasteiger charge is -2.26. The van der Waals surface area contributed by atoms with Crippen molar-refractivity contribution in [1.29, 1.82) is 0 Å². The van der Waals surface area contributed by atoms with Crippen molar-refractivity contribution in [1.82, 2.24) is 10.6 Å². The Kier molecular flexibility index (Phi) is 5.70. The second kappa shape index (κ2) is 7.05. The average molecular weight is 278 g/mol. The van der Waals surface area contributed by atoms with Gasteiger partial charge in [-0.1, -0.05) is 30.3 Å². The number of benzene rings is 1. The Morgan fingerprint density at radius 1 is 1.25 bits per heavy atom. The van der Waals surface area contributed by atoms with Crippen molar-refractivity contribution in [3.8, 4) is 0 Å². The second-order valence-corrected chi connectivity index (χ2v) is 5.53. The summed E-state index contributed by atoms with van der Waals surface area (Å²) >= 11 is 0. The highest BCUT2D eigenvalue weighted by atomic mass is 16.4. The Bertz CT molecular complexity index is 457. The van der Waals surface area contributed by atoms with Crippen molar-refractivity contribution in [3.63, 3.8) is 0 Å². The maximum absolute atomic E-state index is 12.0. The third-order valence-electron chi connectivity index (χ3n) is 2.90. The third kappa shape index (κ3) is 5.84. The highest BCUT2D eigenvalue weighted by Gasteiger charge is 2.25. The first-order chi connectivity index (χ1) is 9.30. The number of hydrogen-bond donors (Lipinski definition) is 3. The fourth-order valence-corrected chi connectivity index (χ4v) is 1.82. The Balaban J connectivity index is 2.45. The molecule has 1 amide bonds. The first-order valence-electron chi connectivity index (χ1n) is 6.61. The van der Waals surface area contributed by atoms with E-state index >= 15 is 0 Å². The molecule has 0 heterocycles. The van der Waals surface area contributed by atoms with Crippen LogP contribution in [0.25, 0.3) is 0 Å². The predicted octanol–water partition coefficient (Wildman–Crippen LogP) is 1.53. The van der Waals surface area contributed by atoms with E-state index in [1.165, 1.54) is 0 Å². The number of rotatable bonds is 7. The van der Waals surface area contributed by atoms with Gasteiger partial charge in [0.15, 0.2) is 0 Å². The molecular weight excluding hydrogens is 256 g/mol. The molecule has 0 fully saturated rings. The quantitative estimate of drug-likeness (QED) is 0.707. The van der Waals surface area contributed by atoms with Crippen LogP contribution in [-0.2, 0) is 16.1 Å². The van der Waals surface area contributed by atoms with Gasteiger partial charge in [0.2, 0.25) is 5.91 Å². The predicted molar refractivity (Wildman–Crippen MR) is 77.2 cm³/mol. The molecule has 0 saturated carbocycles. The molecule has 0 spiro atoms. The Morgan fingerprint density at radius 2 is 1.85 bits per heavy atom. The van der Waals surface area contributed by atoms with E-state index in [-0.39, 0.29) is 18.4 Å². The van der Waals surface area contributed by atoms with Crippen LogP contribution in [0.3, 0.4) is 0 Å². The largest absolute Gasteiger partial charge is 0.481 e. The number of aliphatic carboxylic acids is 1. The van der Waals surface area contributed by atoms with Gasteiger partial charge < -0.3 is 15.7 Å². The molecule has 5 nitrogen and oxygen atoms in total. The van der Waals surface area contributed by atoms with Gasteiger partial charge in [-0.05, 0) is 26.3 Å². The smallest absolute Gasteiger partial charge is 0.305 e. The average Bonchev–Trinajstić information content (AvgIpc) is 2.34. The zero-order valence-electron chi connectivity index (χ0n) is 12.1. The van der Waals surface area contributed by atoms with Crippen LogP contribution in [-0.4, -0.2) is 28.6 Å². The van der Waals surface area contributed by atoms with E-state index < -0.39 is 11.5 Å². The molecule has 20 heavy (non-hydrogen) atoms. The molecule has 0 unspecified atom stereocenters. The molecule has 0 aliphatic carbocycles. The molecule has 1 rings (SSSR count). The van der Waals surface area contributed by atoms with Gasteiger partial charge in [-0.25, -0.2) is 0 Å². The van der Waals surface area contributed by atoms with E-state index in [2.05, 4.69) is 10.6 Å². The molecule has 0 aromatic heterocycles. The molecule has 1 atom stereocenters. The minimum Gasteiger partial charge on any atom is -0.481 e. The number of amides is 1. The summed E-state index contributed by atoms with van der Waals surface area (Å²) in [7, 11) is 0. The molecule has 0 saturated heterocycles. The normalized spacial score (nSPS) is 12.8. The Hall–Kier alpha value is -1.88. The van der Waals surface area contributed by atoms with Gasteiger partial charge in [-0.2, -0.15) is 0 Å². The van der Waals surface area contributed by atoms with E-state index in [0.29, 0.717) is 6.54 Å². The van der Waals surface area contributed by atoms with Crippen molar-refractivity contribution in [2.45, 2.75) is 45.3 Å².